The highest BCUT2D eigenvalue weighted by Crippen LogP contribution is 2.15. The van der Waals surface area contributed by atoms with Gasteiger partial charge in [0.1, 0.15) is 11.8 Å². The van der Waals surface area contributed by atoms with E-state index in [1.807, 2.05) is 0 Å². The molecule has 1 atom stereocenters. The van der Waals surface area contributed by atoms with Gasteiger partial charge >= 0.3 is 12.1 Å². The van der Waals surface area contributed by atoms with Crippen LogP contribution < -0.4 is 26.0 Å². The van der Waals surface area contributed by atoms with Gasteiger partial charge < -0.3 is 26.0 Å². The number of nitrogens with one attached hydrogen (secondary N) is 4. The fraction of sp³-hybridized carbons (Fsp3) is 0.438. The fourth-order valence-electron chi connectivity index (χ4n) is 1.93. The molecule has 150 valence electrons. The van der Waals surface area contributed by atoms with E-state index in [4.69, 9.17) is 17.0 Å². The number of amides is 2. The molecule has 0 aliphatic carbocycles. The predicted molar refractivity (Wildman–Crippen MR) is 98.5 cm³/mol. The molecule has 7 nitrogen and oxygen atoms in total. The van der Waals surface area contributed by atoms with E-state index in [0.717, 1.165) is 5.69 Å². The Bertz CT molecular complexity index is 653. The Kier molecular flexibility index (Phi) is 8.79. The minimum absolute atomic E-state index is 0.0263. The maximum absolute atomic E-state index is 12.2. The van der Waals surface area contributed by atoms with Crippen LogP contribution >= 0.6 is 12.2 Å². The summed E-state index contributed by atoms with van der Waals surface area (Å²) in [6.45, 7) is 1.85. The molecule has 1 rings (SSSR count). The lowest BCUT2D eigenvalue weighted by atomic mass is 10.2. The lowest BCUT2D eigenvalue weighted by Gasteiger charge is -2.18. The van der Waals surface area contributed by atoms with Crippen molar-refractivity contribution in [3.8, 4) is 5.75 Å². The number of alkyl halides is 3. The normalized spacial score (nSPS) is 11.9. The molecule has 0 fully saturated rings. The van der Waals surface area contributed by atoms with Crippen LogP contribution in [0, 0.1) is 0 Å². The summed E-state index contributed by atoms with van der Waals surface area (Å²) in [6, 6.07) is 5.79. The molecule has 2 amide bonds. The maximum Gasteiger partial charge on any atom is 0.471 e. The van der Waals surface area contributed by atoms with Gasteiger partial charge in [0.25, 0.3) is 0 Å². The van der Waals surface area contributed by atoms with E-state index in [1.165, 1.54) is 6.92 Å². The second kappa shape index (κ2) is 10.6. The summed E-state index contributed by atoms with van der Waals surface area (Å²) in [5, 5.41) is 10.2. The topological polar surface area (TPSA) is 91.5 Å². The van der Waals surface area contributed by atoms with Crippen molar-refractivity contribution < 1.29 is 27.5 Å². The van der Waals surface area contributed by atoms with Crippen LogP contribution in [0.3, 0.4) is 0 Å². The molecule has 0 saturated heterocycles. The minimum Gasteiger partial charge on any atom is -0.497 e. The smallest absolute Gasteiger partial charge is 0.471 e. The molecule has 0 radical (unpaired) electrons. The van der Waals surface area contributed by atoms with Gasteiger partial charge in [-0.1, -0.05) is 6.92 Å². The second-order valence-corrected chi connectivity index (χ2v) is 5.74. The van der Waals surface area contributed by atoms with Gasteiger partial charge in [0.2, 0.25) is 5.91 Å². The molecule has 0 heterocycles. The Morgan fingerprint density at radius 3 is 2.26 bits per heavy atom. The van der Waals surface area contributed by atoms with Crippen molar-refractivity contribution in [2.45, 2.75) is 25.6 Å². The molecule has 0 saturated carbocycles. The molecule has 1 aromatic rings. The predicted octanol–water partition coefficient (Wildman–Crippen LogP) is 1.55. The van der Waals surface area contributed by atoms with Crippen molar-refractivity contribution in [1.29, 1.82) is 0 Å². The second-order valence-electron chi connectivity index (χ2n) is 5.33. The fourth-order valence-corrected chi connectivity index (χ4v) is 2.15. The third-order valence-electron chi connectivity index (χ3n) is 3.35. The molecule has 4 N–H and O–H groups in total. The molecule has 0 aliphatic heterocycles. The first-order valence-electron chi connectivity index (χ1n) is 8.01. The van der Waals surface area contributed by atoms with Crippen LogP contribution in [-0.4, -0.2) is 49.3 Å². The SMILES string of the molecule is CCC(NC(=O)C(F)(F)F)C(=O)NCCNC(=S)Nc1ccc(OC)cc1. The van der Waals surface area contributed by atoms with E-state index >= 15 is 0 Å². The van der Waals surface area contributed by atoms with Crippen molar-refractivity contribution in [3.05, 3.63) is 24.3 Å². The number of rotatable bonds is 8. The van der Waals surface area contributed by atoms with Gasteiger partial charge in [-0.2, -0.15) is 13.2 Å². The van der Waals surface area contributed by atoms with E-state index in [-0.39, 0.29) is 19.5 Å². The van der Waals surface area contributed by atoms with E-state index in [0.29, 0.717) is 10.9 Å². The number of hydrogen-bond acceptors (Lipinski definition) is 4. The Morgan fingerprint density at radius 2 is 1.74 bits per heavy atom. The van der Waals surface area contributed by atoms with Crippen molar-refractivity contribution in [1.82, 2.24) is 16.0 Å². The first kappa shape index (κ1) is 22.5. The quantitative estimate of drug-likeness (QED) is 0.387. The largest absolute Gasteiger partial charge is 0.497 e. The third kappa shape index (κ3) is 8.11. The number of carbonyl (C=O) groups is 2. The zero-order valence-electron chi connectivity index (χ0n) is 14.8. The maximum atomic E-state index is 12.2. The van der Waals surface area contributed by atoms with Gasteiger partial charge in [-0.25, -0.2) is 0 Å². The number of thiocarbonyl (C=S) groups is 1. The monoisotopic (exact) mass is 406 g/mol. The number of hydrogen-bond donors (Lipinski definition) is 4. The first-order chi connectivity index (χ1) is 12.7. The van der Waals surface area contributed by atoms with Gasteiger partial charge in [0.15, 0.2) is 5.11 Å². The molecule has 11 heteroatoms. The number of ether oxygens (including phenoxy) is 1. The molecule has 0 aliphatic rings. The molecule has 0 spiro atoms. The molecule has 1 aromatic carbocycles. The van der Waals surface area contributed by atoms with Crippen LogP contribution in [0.25, 0.3) is 0 Å². The lowest BCUT2D eigenvalue weighted by Crippen LogP contribution is -2.51. The van der Waals surface area contributed by atoms with Crippen LogP contribution in [0.15, 0.2) is 24.3 Å². The Morgan fingerprint density at radius 1 is 1.15 bits per heavy atom. The van der Waals surface area contributed by atoms with Crippen LogP contribution in [0.2, 0.25) is 0 Å². The minimum atomic E-state index is -5.03. The Balaban J connectivity index is 2.33. The zero-order chi connectivity index (χ0) is 20.4. The van der Waals surface area contributed by atoms with Crippen molar-refractivity contribution >= 4 is 34.8 Å². The summed E-state index contributed by atoms with van der Waals surface area (Å²) in [7, 11) is 1.56. The molecular weight excluding hydrogens is 385 g/mol. The summed E-state index contributed by atoms with van der Waals surface area (Å²) >= 11 is 5.10. The van der Waals surface area contributed by atoms with Gasteiger partial charge in [-0.15, -0.1) is 0 Å². The van der Waals surface area contributed by atoms with Crippen LogP contribution in [-0.2, 0) is 9.59 Å². The van der Waals surface area contributed by atoms with E-state index in [1.54, 1.807) is 36.7 Å². The van der Waals surface area contributed by atoms with Crippen LogP contribution in [0.5, 0.6) is 5.75 Å². The summed E-state index contributed by atoms with van der Waals surface area (Å²) in [4.78, 5) is 22.8. The highest BCUT2D eigenvalue weighted by Gasteiger charge is 2.40. The average molecular weight is 406 g/mol. The van der Waals surface area contributed by atoms with E-state index < -0.39 is 24.0 Å². The highest BCUT2D eigenvalue weighted by molar-refractivity contribution is 7.80. The first-order valence-corrected chi connectivity index (χ1v) is 8.42. The lowest BCUT2D eigenvalue weighted by molar-refractivity contribution is -0.174. The number of anilines is 1. The zero-order valence-corrected chi connectivity index (χ0v) is 15.6. The number of carbonyl (C=O) groups excluding carboxylic acids is 2. The number of benzene rings is 1. The summed E-state index contributed by atoms with van der Waals surface area (Å²) < 4.78 is 41.8. The number of halogens is 3. The van der Waals surface area contributed by atoms with E-state index in [2.05, 4.69) is 16.0 Å². The van der Waals surface area contributed by atoms with E-state index in [9.17, 15) is 22.8 Å². The van der Waals surface area contributed by atoms with Gasteiger partial charge in [-0.3, -0.25) is 9.59 Å². The van der Waals surface area contributed by atoms with Crippen LogP contribution in [0.4, 0.5) is 18.9 Å². The molecular formula is C16H21F3N4O3S. The summed E-state index contributed by atoms with van der Waals surface area (Å²) in [5.41, 5.74) is 0.734. The molecule has 0 aromatic heterocycles. The van der Waals surface area contributed by atoms with Crippen molar-refractivity contribution in [2.24, 2.45) is 0 Å². The van der Waals surface area contributed by atoms with Crippen molar-refractivity contribution in [3.63, 3.8) is 0 Å². The van der Waals surface area contributed by atoms with Gasteiger partial charge in [-0.05, 0) is 42.9 Å². The Labute approximate surface area is 160 Å². The molecule has 0 bridgehead atoms. The summed E-state index contributed by atoms with van der Waals surface area (Å²) in [6.07, 6.45) is -5.01. The average Bonchev–Trinajstić information content (AvgIpc) is 2.62. The third-order valence-corrected chi connectivity index (χ3v) is 3.59. The van der Waals surface area contributed by atoms with Gasteiger partial charge in [0, 0.05) is 18.8 Å². The van der Waals surface area contributed by atoms with Crippen molar-refractivity contribution in [2.75, 3.05) is 25.5 Å². The molecule has 27 heavy (non-hydrogen) atoms. The molecule has 1 unspecified atom stereocenters. The summed E-state index contributed by atoms with van der Waals surface area (Å²) in [5.74, 6) is -2.15. The van der Waals surface area contributed by atoms with Crippen LogP contribution in [0.1, 0.15) is 13.3 Å². The highest BCUT2D eigenvalue weighted by atomic mass is 32.1. The Hall–Kier alpha value is -2.56. The standard InChI is InChI=1S/C16H21F3N4O3S/c1-3-12(23-14(25)16(17,18)19)13(24)20-8-9-21-15(27)22-10-4-6-11(26-2)7-5-10/h4-7,12H,3,8-9H2,1-2H3,(H,20,24)(H,23,25)(H2,21,22,27). The van der Waals surface area contributed by atoms with Gasteiger partial charge in [0.05, 0.1) is 7.11 Å². The number of methoxy groups -OCH3 is 1.